The minimum atomic E-state index is 0.0185. The van der Waals surface area contributed by atoms with Crippen LogP contribution in [0.25, 0.3) is 0 Å². The summed E-state index contributed by atoms with van der Waals surface area (Å²) in [6.45, 7) is 1.36. The number of nitrogens with one attached hydrogen (secondary N) is 1. The number of hydrogen-bond acceptors (Lipinski definition) is 3. The van der Waals surface area contributed by atoms with Crippen molar-refractivity contribution >= 4 is 38.9 Å². The number of rotatable bonds is 2. The van der Waals surface area contributed by atoms with E-state index < -0.39 is 0 Å². The number of carbonyl (C=O) groups is 1. The number of nitrogens with zero attached hydrogens (tertiary/aromatic N) is 1. The third kappa shape index (κ3) is 2.15. The van der Waals surface area contributed by atoms with Crippen LogP contribution in [0.5, 0.6) is 0 Å². The van der Waals surface area contributed by atoms with Gasteiger partial charge in [0.15, 0.2) is 0 Å². The number of halogens is 1. The number of thiophene rings is 1. The van der Waals surface area contributed by atoms with Crippen LogP contribution in [0.4, 0.5) is 5.69 Å². The molecule has 1 aliphatic rings. The number of hydrogen-bond donors (Lipinski definition) is 1. The van der Waals surface area contributed by atoms with Crippen molar-refractivity contribution in [2.45, 2.75) is 6.54 Å². The first kappa shape index (κ1) is 11.7. The maximum atomic E-state index is 11.7. The molecule has 1 aromatic heterocycles. The average Bonchev–Trinajstić information content (AvgIpc) is 2.77. The van der Waals surface area contributed by atoms with Crippen LogP contribution in [0.1, 0.15) is 15.2 Å². The molecule has 5 heteroatoms. The zero-order valence-corrected chi connectivity index (χ0v) is 11.9. The zero-order chi connectivity index (χ0) is 12.5. The van der Waals surface area contributed by atoms with E-state index in [0.29, 0.717) is 6.67 Å². The van der Waals surface area contributed by atoms with E-state index in [0.717, 1.165) is 20.9 Å². The second-order valence-electron chi connectivity index (χ2n) is 4.11. The Hall–Kier alpha value is -1.33. The second kappa shape index (κ2) is 4.74. The molecule has 3 nitrogen and oxygen atoms in total. The van der Waals surface area contributed by atoms with E-state index in [2.05, 4.69) is 38.3 Å². The lowest BCUT2D eigenvalue weighted by Crippen LogP contribution is -2.42. The highest BCUT2D eigenvalue weighted by Crippen LogP contribution is 2.36. The fourth-order valence-corrected chi connectivity index (χ4v) is 3.55. The van der Waals surface area contributed by atoms with Gasteiger partial charge < -0.3 is 10.2 Å². The van der Waals surface area contributed by atoms with Gasteiger partial charge in [-0.25, -0.2) is 0 Å². The van der Waals surface area contributed by atoms with Gasteiger partial charge in [-0.1, -0.05) is 30.3 Å². The summed E-state index contributed by atoms with van der Waals surface area (Å²) in [5.74, 6) is 0.0185. The van der Waals surface area contributed by atoms with Gasteiger partial charge in [0.05, 0.1) is 16.1 Å². The summed E-state index contributed by atoms with van der Waals surface area (Å²) in [4.78, 5) is 14.7. The van der Waals surface area contributed by atoms with Crippen LogP contribution < -0.4 is 10.2 Å². The van der Waals surface area contributed by atoms with Crippen molar-refractivity contribution in [2.24, 2.45) is 0 Å². The van der Waals surface area contributed by atoms with E-state index in [1.54, 1.807) is 0 Å². The second-order valence-corrected chi connectivity index (χ2v) is 6.54. The Balaban J connectivity index is 1.91. The maximum Gasteiger partial charge on any atom is 0.264 e. The topological polar surface area (TPSA) is 32.3 Å². The fraction of sp³-hybridized carbons (Fsp3) is 0.154. The highest BCUT2D eigenvalue weighted by Gasteiger charge is 2.25. The van der Waals surface area contributed by atoms with Crippen LogP contribution in [0.3, 0.4) is 0 Å². The minimum absolute atomic E-state index is 0.0185. The molecule has 0 saturated carbocycles. The lowest BCUT2D eigenvalue weighted by molar-refractivity contribution is 0.0951. The first-order valence-electron chi connectivity index (χ1n) is 5.60. The number of anilines is 1. The van der Waals surface area contributed by atoms with Crippen LogP contribution in [-0.2, 0) is 6.54 Å². The van der Waals surface area contributed by atoms with Gasteiger partial charge >= 0.3 is 0 Å². The SMILES string of the molecule is O=C1NCN(Cc2ccccc2)c2cc(Br)sc21. The Labute approximate surface area is 118 Å². The molecule has 2 aromatic rings. The van der Waals surface area contributed by atoms with Crippen molar-refractivity contribution in [3.8, 4) is 0 Å². The van der Waals surface area contributed by atoms with Crippen LogP contribution >= 0.6 is 27.3 Å². The van der Waals surface area contributed by atoms with Gasteiger partial charge in [-0.15, -0.1) is 11.3 Å². The van der Waals surface area contributed by atoms with E-state index in [4.69, 9.17) is 0 Å². The third-order valence-electron chi connectivity index (χ3n) is 2.88. The summed E-state index contributed by atoms with van der Waals surface area (Å²) in [6.07, 6.45) is 0. The molecule has 3 rings (SSSR count). The smallest absolute Gasteiger partial charge is 0.264 e. The first-order valence-corrected chi connectivity index (χ1v) is 7.21. The number of carbonyl (C=O) groups excluding carboxylic acids is 1. The maximum absolute atomic E-state index is 11.7. The number of benzene rings is 1. The summed E-state index contributed by atoms with van der Waals surface area (Å²) >= 11 is 4.92. The lowest BCUT2D eigenvalue weighted by Gasteiger charge is -2.29. The Bertz CT molecular complexity index is 582. The summed E-state index contributed by atoms with van der Waals surface area (Å²) in [7, 11) is 0. The molecule has 0 saturated heterocycles. The molecule has 1 N–H and O–H groups in total. The molecule has 2 heterocycles. The molecule has 0 radical (unpaired) electrons. The van der Waals surface area contributed by atoms with Crippen molar-refractivity contribution in [1.82, 2.24) is 5.32 Å². The zero-order valence-electron chi connectivity index (χ0n) is 9.52. The van der Waals surface area contributed by atoms with Gasteiger partial charge in [-0.05, 0) is 27.6 Å². The molecule has 0 spiro atoms. The highest BCUT2D eigenvalue weighted by molar-refractivity contribution is 9.11. The van der Waals surface area contributed by atoms with E-state index in [-0.39, 0.29) is 5.91 Å². The molecule has 92 valence electrons. The molecule has 0 fully saturated rings. The van der Waals surface area contributed by atoms with E-state index >= 15 is 0 Å². The standard InChI is InChI=1S/C13H11BrN2OS/c14-11-6-10-12(18-11)13(17)15-8-16(10)7-9-4-2-1-3-5-9/h1-6H,7-8H2,(H,15,17). The molecule has 0 aliphatic carbocycles. The highest BCUT2D eigenvalue weighted by atomic mass is 79.9. The van der Waals surface area contributed by atoms with Crippen molar-refractivity contribution in [3.05, 3.63) is 50.6 Å². The summed E-state index contributed by atoms with van der Waals surface area (Å²) in [5.41, 5.74) is 2.25. The van der Waals surface area contributed by atoms with Gasteiger partial charge in [0.2, 0.25) is 0 Å². The predicted octanol–water partition coefficient (Wildman–Crippen LogP) is 3.22. The van der Waals surface area contributed by atoms with Crippen LogP contribution in [0, 0.1) is 0 Å². The fourth-order valence-electron chi connectivity index (χ4n) is 2.03. The molecule has 1 aliphatic heterocycles. The number of fused-ring (bicyclic) bond motifs is 1. The molecule has 1 amide bonds. The van der Waals surface area contributed by atoms with E-state index in [1.165, 1.54) is 16.9 Å². The van der Waals surface area contributed by atoms with Crippen molar-refractivity contribution in [3.63, 3.8) is 0 Å². The predicted molar refractivity (Wildman–Crippen MR) is 77.0 cm³/mol. The Kier molecular flexibility index (Phi) is 3.09. The number of amides is 1. The summed E-state index contributed by atoms with van der Waals surface area (Å²) < 4.78 is 0.989. The lowest BCUT2D eigenvalue weighted by atomic mass is 10.2. The largest absolute Gasteiger partial charge is 0.348 e. The van der Waals surface area contributed by atoms with Gasteiger partial charge in [-0.3, -0.25) is 4.79 Å². The Morgan fingerprint density at radius 2 is 2.11 bits per heavy atom. The van der Waals surface area contributed by atoms with Gasteiger partial charge in [-0.2, -0.15) is 0 Å². The third-order valence-corrected chi connectivity index (χ3v) is 4.50. The van der Waals surface area contributed by atoms with Crippen molar-refractivity contribution < 1.29 is 4.79 Å². The Morgan fingerprint density at radius 1 is 1.33 bits per heavy atom. The van der Waals surface area contributed by atoms with Gasteiger partial charge in [0.25, 0.3) is 5.91 Å². The van der Waals surface area contributed by atoms with Crippen LogP contribution in [0.2, 0.25) is 0 Å². The molecule has 0 unspecified atom stereocenters. The molecule has 0 bridgehead atoms. The quantitative estimate of drug-likeness (QED) is 0.920. The molecular formula is C13H11BrN2OS. The van der Waals surface area contributed by atoms with Crippen molar-refractivity contribution in [2.75, 3.05) is 11.6 Å². The van der Waals surface area contributed by atoms with Gasteiger partial charge in [0, 0.05) is 6.54 Å². The molecule has 0 atom stereocenters. The summed E-state index contributed by atoms with van der Waals surface area (Å²) in [5, 5.41) is 2.90. The molecule has 18 heavy (non-hydrogen) atoms. The average molecular weight is 323 g/mol. The molecular weight excluding hydrogens is 312 g/mol. The van der Waals surface area contributed by atoms with Crippen molar-refractivity contribution in [1.29, 1.82) is 0 Å². The van der Waals surface area contributed by atoms with Crippen LogP contribution in [0.15, 0.2) is 40.2 Å². The Morgan fingerprint density at radius 3 is 2.89 bits per heavy atom. The first-order chi connectivity index (χ1) is 8.74. The summed E-state index contributed by atoms with van der Waals surface area (Å²) in [6, 6.07) is 12.3. The normalized spacial score (nSPS) is 14.3. The van der Waals surface area contributed by atoms with E-state index in [9.17, 15) is 4.79 Å². The van der Waals surface area contributed by atoms with Gasteiger partial charge in [0.1, 0.15) is 4.88 Å². The van der Waals surface area contributed by atoms with Crippen LogP contribution in [-0.4, -0.2) is 12.6 Å². The van der Waals surface area contributed by atoms with E-state index in [1.807, 2.05) is 24.3 Å². The molecule has 1 aromatic carbocycles. The minimum Gasteiger partial charge on any atom is -0.348 e. The monoisotopic (exact) mass is 322 g/mol.